The predicted molar refractivity (Wildman–Crippen MR) is 125 cm³/mol. The van der Waals surface area contributed by atoms with Gasteiger partial charge in [-0.15, -0.1) is 0 Å². The van der Waals surface area contributed by atoms with E-state index in [2.05, 4.69) is 10.6 Å². The normalized spacial score (nSPS) is 13.4. The Bertz CT molecular complexity index is 1070. The number of hydrogen-bond acceptors (Lipinski definition) is 2. The number of halogens is 4. The molecular formula is C26H26ClF3N2O. The van der Waals surface area contributed by atoms with E-state index in [-0.39, 0.29) is 11.9 Å². The Labute approximate surface area is 197 Å². The summed E-state index contributed by atoms with van der Waals surface area (Å²) in [7, 11) is 1.58. The van der Waals surface area contributed by atoms with Crippen LogP contribution in [0, 0.1) is 6.92 Å². The van der Waals surface area contributed by atoms with Crippen molar-refractivity contribution in [3.63, 3.8) is 0 Å². The van der Waals surface area contributed by atoms with Crippen LogP contribution in [0.3, 0.4) is 0 Å². The van der Waals surface area contributed by atoms with Gasteiger partial charge in [-0.1, -0.05) is 66.2 Å². The summed E-state index contributed by atoms with van der Waals surface area (Å²) in [6, 6.07) is 19.4. The predicted octanol–water partition coefficient (Wildman–Crippen LogP) is 6.42. The number of carbonyl (C=O) groups is 1. The lowest BCUT2D eigenvalue weighted by Crippen LogP contribution is -2.38. The zero-order valence-electron chi connectivity index (χ0n) is 18.4. The van der Waals surface area contributed by atoms with Gasteiger partial charge in [0.15, 0.2) is 0 Å². The van der Waals surface area contributed by atoms with Gasteiger partial charge in [0.2, 0.25) is 5.91 Å². The summed E-state index contributed by atoms with van der Waals surface area (Å²) >= 11 is 6.36. The van der Waals surface area contributed by atoms with E-state index < -0.39 is 17.8 Å². The fourth-order valence-corrected chi connectivity index (χ4v) is 3.85. The van der Waals surface area contributed by atoms with Crippen molar-refractivity contribution in [1.29, 1.82) is 0 Å². The van der Waals surface area contributed by atoms with E-state index in [1.54, 1.807) is 7.05 Å². The second-order valence-electron chi connectivity index (χ2n) is 7.92. The van der Waals surface area contributed by atoms with Gasteiger partial charge < -0.3 is 5.32 Å². The highest BCUT2D eigenvalue weighted by atomic mass is 35.5. The molecule has 0 aliphatic heterocycles. The number of likely N-dealkylation sites (N-methyl/N-ethyl adjacent to an activating group) is 1. The van der Waals surface area contributed by atoms with E-state index in [0.29, 0.717) is 17.9 Å². The fraction of sp³-hybridized carbons (Fsp3) is 0.269. The van der Waals surface area contributed by atoms with Gasteiger partial charge in [-0.2, -0.15) is 13.2 Å². The molecule has 0 aliphatic rings. The lowest BCUT2D eigenvalue weighted by Gasteiger charge is -2.26. The first-order valence-corrected chi connectivity index (χ1v) is 11.0. The van der Waals surface area contributed by atoms with Crippen LogP contribution in [0.1, 0.15) is 46.3 Å². The number of benzene rings is 3. The Morgan fingerprint density at radius 2 is 1.64 bits per heavy atom. The summed E-state index contributed by atoms with van der Waals surface area (Å²) in [6.45, 7) is 1.91. The van der Waals surface area contributed by atoms with Crippen LogP contribution in [0.5, 0.6) is 0 Å². The van der Waals surface area contributed by atoms with Crippen molar-refractivity contribution < 1.29 is 18.0 Å². The van der Waals surface area contributed by atoms with Crippen molar-refractivity contribution in [3.8, 4) is 0 Å². The molecule has 2 atom stereocenters. The first-order valence-electron chi connectivity index (χ1n) is 10.6. The van der Waals surface area contributed by atoms with Crippen molar-refractivity contribution in [2.75, 3.05) is 7.05 Å². The lowest BCUT2D eigenvalue weighted by molar-refractivity contribution is -0.137. The molecule has 1 amide bonds. The minimum atomic E-state index is -4.36. The molecule has 7 heteroatoms. The molecule has 3 nitrogen and oxygen atoms in total. The van der Waals surface area contributed by atoms with Crippen LogP contribution in [-0.2, 0) is 17.4 Å². The summed E-state index contributed by atoms with van der Waals surface area (Å²) in [6.07, 6.45) is -3.28. The Morgan fingerprint density at radius 1 is 0.970 bits per heavy atom. The fourth-order valence-electron chi connectivity index (χ4n) is 3.66. The van der Waals surface area contributed by atoms with Gasteiger partial charge in [0.1, 0.15) is 6.04 Å². The molecule has 0 unspecified atom stereocenters. The monoisotopic (exact) mass is 474 g/mol. The highest BCUT2D eigenvalue weighted by Gasteiger charge is 2.30. The van der Waals surface area contributed by atoms with Crippen molar-refractivity contribution in [1.82, 2.24) is 10.6 Å². The number of alkyl halides is 3. The first-order chi connectivity index (χ1) is 15.7. The topological polar surface area (TPSA) is 41.1 Å². The highest BCUT2D eigenvalue weighted by molar-refractivity contribution is 6.31. The average Bonchev–Trinajstić information content (AvgIpc) is 2.81. The number of nitrogens with one attached hydrogen (secondary N) is 2. The SMILES string of the molecule is CNC(=O)[C@@H](N[C@@H](CCc1ccc(C(F)(F)F)cc1)c1ccc(C)c(Cl)c1)c1ccccc1. The second-order valence-corrected chi connectivity index (χ2v) is 8.33. The molecular weight excluding hydrogens is 449 g/mol. The van der Waals surface area contributed by atoms with Crippen molar-refractivity contribution in [2.24, 2.45) is 0 Å². The van der Waals surface area contributed by atoms with Crippen LogP contribution in [0.25, 0.3) is 0 Å². The summed E-state index contributed by atoms with van der Waals surface area (Å²) in [5.41, 5.74) is 2.77. The van der Waals surface area contributed by atoms with Crippen LogP contribution in [0.2, 0.25) is 5.02 Å². The Balaban J connectivity index is 1.87. The molecule has 3 aromatic carbocycles. The Hall–Kier alpha value is -2.83. The summed E-state index contributed by atoms with van der Waals surface area (Å²) in [5.74, 6) is -0.182. The molecule has 0 saturated heterocycles. The van der Waals surface area contributed by atoms with E-state index in [1.165, 1.54) is 12.1 Å². The Kier molecular flexibility index (Phi) is 8.16. The molecule has 0 saturated carbocycles. The van der Waals surface area contributed by atoms with Crippen LogP contribution >= 0.6 is 11.6 Å². The molecule has 0 aliphatic carbocycles. The van der Waals surface area contributed by atoms with E-state index in [9.17, 15) is 18.0 Å². The van der Waals surface area contributed by atoms with Crippen LogP contribution in [0.4, 0.5) is 13.2 Å². The smallest absolute Gasteiger partial charge is 0.358 e. The maximum atomic E-state index is 12.9. The molecule has 0 fully saturated rings. The molecule has 3 rings (SSSR count). The molecule has 0 bridgehead atoms. The van der Waals surface area contributed by atoms with Gasteiger partial charge in [-0.05, 0) is 60.2 Å². The second kappa shape index (κ2) is 10.9. The zero-order valence-corrected chi connectivity index (χ0v) is 19.2. The molecule has 33 heavy (non-hydrogen) atoms. The third-order valence-corrected chi connectivity index (χ3v) is 6.02. The molecule has 2 N–H and O–H groups in total. The largest absolute Gasteiger partial charge is 0.416 e. The maximum Gasteiger partial charge on any atom is 0.416 e. The summed E-state index contributed by atoms with van der Waals surface area (Å²) in [4.78, 5) is 12.7. The van der Waals surface area contributed by atoms with Crippen LogP contribution < -0.4 is 10.6 Å². The first kappa shape index (κ1) is 24.8. The van der Waals surface area contributed by atoms with Crippen molar-refractivity contribution in [3.05, 3.63) is 106 Å². The number of rotatable bonds is 8. The van der Waals surface area contributed by atoms with Gasteiger partial charge in [-0.3, -0.25) is 10.1 Å². The van der Waals surface area contributed by atoms with Gasteiger partial charge in [0, 0.05) is 18.1 Å². The van der Waals surface area contributed by atoms with E-state index >= 15 is 0 Å². The molecule has 0 radical (unpaired) electrons. The van der Waals surface area contributed by atoms with Gasteiger partial charge in [0.25, 0.3) is 0 Å². The van der Waals surface area contributed by atoms with Gasteiger partial charge in [-0.25, -0.2) is 0 Å². The number of amides is 1. The standard InChI is InChI=1S/C26H26ClF3N2O/c1-17-8-12-20(16-22(17)27)23(15-11-18-9-13-21(14-10-18)26(28,29)30)32-24(25(33)31-2)19-6-4-3-5-7-19/h3-10,12-14,16,23-24,32H,11,15H2,1-2H3,(H,31,33)/t23-,24-/m0/s1. The maximum absolute atomic E-state index is 12.9. The third-order valence-electron chi connectivity index (χ3n) is 5.61. The van der Waals surface area contributed by atoms with E-state index in [0.717, 1.165) is 34.4 Å². The number of carbonyl (C=O) groups excluding carboxylic acids is 1. The molecule has 174 valence electrons. The Morgan fingerprint density at radius 3 is 2.21 bits per heavy atom. The minimum absolute atomic E-state index is 0.182. The van der Waals surface area contributed by atoms with Crippen molar-refractivity contribution >= 4 is 17.5 Å². The molecule has 3 aromatic rings. The van der Waals surface area contributed by atoms with E-state index in [1.807, 2.05) is 55.5 Å². The van der Waals surface area contributed by atoms with E-state index in [4.69, 9.17) is 11.6 Å². The average molecular weight is 475 g/mol. The zero-order chi connectivity index (χ0) is 24.0. The van der Waals surface area contributed by atoms with Gasteiger partial charge in [0.05, 0.1) is 5.56 Å². The summed E-state index contributed by atoms with van der Waals surface area (Å²) in [5, 5.41) is 6.76. The minimum Gasteiger partial charge on any atom is -0.358 e. The number of hydrogen-bond donors (Lipinski definition) is 2. The number of aryl methyl sites for hydroxylation is 2. The molecule has 0 aromatic heterocycles. The molecule has 0 spiro atoms. The highest BCUT2D eigenvalue weighted by Crippen LogP contribution is 2.31. The molecule has 0 heterocycles. The quantitative estimate of drug-likeness (QED) is 0.395. The lowest BCUT2D eigenvalue weighted by atomic mass is 9.95. The van der Waals surface area contributed by atoms with Crippen LogP contribution in [0.15, 0.2) is 72.8 Å². The third kappa shape index (κ3) is 6.59. The van der Waals surface area contributed by atoms with Crippen LogP contribution in [-0.4, -0.2) is 13.0 Å². The van der Waals surface area contributed by atoms with Gasteiger partial charge >= 0.3 is 6.18 Å². The van der Waals surface area contributed by atoms with Crippen molar-refractivity contribution in [2.45, 2.75) is 38.0 Å². The summed E-state index contributed by atoms with van der Waals surface area (Å²) < 4.78 is 38.6.